The van der Waals surface area contributed by atoms with Crippen LogP contribution < -0.4 is 4.74 Å². The third kappa shape index (κ3) is 2.44. The number of pyridine rings is 1. The number of oxazole rings is 1. The van der Waals surface area contributed by atoms with Gasteiger partial charge in [0.1, 0.15) is 5.75 Å². The minimum absolute atomic E-state index is 0.592. The summed E-state index contributed by atoms with van der Waals surface area (Å²) in [5, 5.41) is 1.03. The molecule has 0 fully saturated rings. The molecule has 0 spiro atoms. The van der Waals surface area contributed by atoms with Crippen molar-refractivity contribution in [3.05, 3.63) is 67.0 Å². The molecular formula is C19H14N2O2. The van der Waals surface area contributed by atoms with E-state index in [4.69, 9.17) is 9.15 Å². The van der Waals surface area contributed by atoms with Crippen LogP contribution in [0.4, 0.5) is 0 Å². The number of hydrogen-bond acceptors (Lipinski definition) is 4. The van der Waals surface area contributed by atoms with Crippen molar-refractivity contribution in [2.24, 2.45) is 0 Å². The number of rotatable bonds is 3. The van der Waals surface area contributed by atoms with Crippen molar-refractivity contribution in [1.82, 2.24) is 9.97 Å². The Labute approximate surface area is 133 Å². The maximum atomic E-state index is 5.96. The monoisotopic (exact) mass is 302 g/mol. The maximum absolute atomic E-state index is 5.96. The molecule has 0 aliphatic heterocycles. The van der Waals surface area contributed by atoms with Crippen molar-refractivity contribution in [2.45, 2.75) is 0 Å². The van der Waals surface area contributed by atoms with Crippen molar-refractivity contribution in [2.75, 3.05) is 7.11 Å². The van der Waals surface area contributed by atoms with Gasteiger partial charge in [-0.15, -0.1) is 0 Å². The molecule has 0 aliphatic carbocycles. The minimum atomic E-state index is 0.592. The zero-order valence-electron chi connectivity index (χ0n) is 12.6. The van der Waals surface area contributed by atoms with Crippen LogP contribution in [0.25, 0.3) is 33.7 Å². The summed E-state index contributed by atoms with van der Waals surface area (Å²) in [6, 6.07) is 17.6. The Morgan fingerprint density at radius 1 is 0.913 bits per heavy atom. The number of ether oxygens (including phenoxy) is 1. The van der Waals surface area contributed by atoms with Crippen molar-refractivity contribution in [1.29, 1.82) is 0 Å². The standard InChI is InChI=1S/C19H14N2O2/c1-22-14-8-6-13(7-9-14)18-12-21-19(23-18)16-10-11-20-17-5-3-2-4-15(16)17/h2-12H,1H3. The molecule has 0 bridgehead atoms. The van der Waals surface area contributed by atoms with Crippen LogP contribution in [0.2, 0.25) is 0 Å². The second-order valence-electron chi connectivity index (χ2n) is 5.13. The first kappa shape index (κ1) is 13.5. The van der Waals surface area contributed by atoms with Crippen LogP contribution >= 0.6 is 0 Å². The third-order valence-electron chi connectivity index (χ3n) is 3.76. The average molecular weight is 302 g/mol. The molecule has 4 nitrogen and oxygen atoms in total. The summed E-state index contributed by atoms with van der Waals surface area (Å²) in [4.78, 5) is 8.80. The maximum Gasteiger partial charge on any atom is 0.227 e. The first-order valence-corrected chi connectivity index (χ1v) is 7.29. The lowest BCUT2D eigenvalue weighted by molar-refractivity contribution is 0.415. The van der Waals surface area contributed by atoms with Crippen LogP contribution in [0.1, 0.15) is 0 Å². The minimum Gasteiger partial charge on any atom is -0.497 e. The van der Waals surface area contributed by atoms with Gasteiger partial charge < -0.3 is 9.15 Å². The van der Waals surface area contributed by atoms with E-state index in [1.54, 1.807) is 19.5 Å². The summed E-state index contributed by atoms with van der Waals surface area (Å²) in [7, 11) is 1.65. The van der Waals surface area contributed by atoms with Gasteiger partial charge >= 0.3 is 0 Å². The Morgan fingerprint density at radius 3 is 2.57 bits per heavy atom. The molecule has 23 heavy (non-hydrogen) atoms. The van der Waals surface area contributed by atoms with E-state index in [-0.39, 0.29) is 0 Å². The molecular weight excluding hydrogens is 288 g/mol. The largest absolute Gasteiger partial charge is 0.497 e. The zero-order chi connectivity index (χ0) is 15.6. The van der Waals surface area contributed by atoms with E-state index >= 15 is 0 Å². The van der Waals surface area contributed by atoms with Gasteiger partial charge in [0, 0.05) is 22.7 Å². The number of methoxy groups -OCH3 is 1. The van der Waals surface area contributed by atoms with Gasteiger partial charge in [0.25, 0.3) is 0 Å². The second kappa shape index (κ2) is 5.57. The summed E-state index contributed by atoms with van der Waals surface area (Å²) in [6.45, 7) is 0. The number of hydrogen-bond donors (Lipinski definition) is 0. The van der Waals surface area contributed by atoms with Crippen LogP contribution in [-0.2, 0) is 0 Å². The van der Waals surface area contributed by atoms with E-state index < -0.39 is 0 Å². The van der Waals surface area contributed by atoms with Crippen molar-refractivity contribution in [3.8, 4) is 28.5 Å². The molecule has 0 aliphatic rings. The van der Waals surface area contributed by atoms with Crippen molar-refractivity contribution < 1.29 is 9.15 Å². The lowest BCUT2D eigenvalue weighted by Crippen LogP contribution is -1.83. The van der Waals surface area contributed by atoms with E-state index in [2.05, 4.69) is 9.97 Å². The van der Waals surface area contributed by atoms with E-state index in [0.717, 1.165) is 33.5 Å². The highest BCUT2D eigenvalue weighted by atomic mass is 16.5. The first-order valence-electron chi connectivity index (χ1n) is 7.29. The summed E-state index contributed by atoms with van der Waals surface area (Å²) < 4.78 is 11.1. The molecule has 2 heterocycles. The Balaban J connectivity index is 1.77. The predicted octanol–water partition coefficient (Wildman–Crippen LogP) is 4.57. The SMILES string of the molecule is COc1ccc(-c2cnc(-c3ccnc4ccccc34)o2)cc1. The van der Waals surface area contributed by atoms with E-state index in [9.17, 15) is 0 Å². The fourth-order valence-electron chi connectivity index (χ4n) is 2.57. The van der Waals surface area contributed by atoms with Gasteiger partial charge in [-0.2, -0.15) is 0 Å². The molecule has 0 unspecified atom stereocenters. The van der Waals surface area contributed by atoms with Gasteiger partial charge in [-0.1, -0.05) is 18.2 Å². The number of para-hydroxylation sites is 1. The average Bonchev–Trinajstić information content (AvgIpc) is 3.11. The molecule has 4 aromatic rings. The Bertz CT molecular complexity index is 953. The van der Waals surface area contributed by atoms with Gasteiger partial charge in [-0.25, -0.2) is 4.98 Å². The highest BCUT2D eigenvalue weighted by Crippen LogP contribution is 2.30. The molecule has 4 heteroatoms. The summed E-state index contributed by atoms with van der Waals surface area (Å²) in [6.07, 6.45) is 3.52. The van der Waals surface area contributed by atoms with E-state index in [1.807, 2.05) is 54.6 Å². The molecule has 4 rings (SSSR count). The second-order valence-corrected chi connectivity index (χ2v) is 5.13. The smallest absolute Gasteiger partial charge is 0.227 e. The molecule has 0 atom stereocenters. The van der Waals surface area contributed by atoms with Crippen LogP contribution in [-0.4, -0.2) is 17.1 Å². The first-order chi connectivity index (χ1) is 11.3. The fraction of sp³-hybridized carbons (Fsp3) is 0.0526. The Hall–Kier alpha value is -3.14. The highest BCUT2D eigenvalue weighted by molar-refractivity contribution is 5.92. The van der Waals surface area contributed by atoms with Gasteiger partial charge in [0.15, 0.2) is 5.76 Å². The molecule has 0 N–H and O–H groups in total. The van der Waals surface area contributed by atoms with Gasteiger partial charge in [-0.05, 0) is 36.4 Å². The van der Waals surface area contributed by atoms with Crippen LogP contribution in [0, 0.1) is 0 Å². The van der Waals surface area contributed by atoms with E-state index in [0.29, 0.717) is 5.89 Å². The van der Waals surface area contributed by atoms with Gasteiger partial charge in [0.2, 0.25) is 5.89 Å². The van der Waals surface area contributed by atoms with Gasteiger partial charge in [0.05, 0.1) is 18.8 Å². The molecule has 112 valence electrons. The summed E-state index contributed by atoms with van der Waals surface area (Å²) in [5.74, 6) is 2.13. The quantitative estimate of drug-likeness (QED) is 0.556. The van der Waals surface area contributed by atoms with Crippen LogP contribution in [0.15, 0.2) is 71.4 Å². The van der Waals surface area contributed by atoms with E-state index in [1.165, 1.54) is 0 Å². The Morgan fingerprint density at radius 2 is 1.74 bits per heavy atom. The number of nitrogens with zero attached hydrogens (tertiary/aromatic N) is 2. The van der Waals surface area contributed by atoms with Crippen LogP contribution in [0.3, 0.4) is 0 Å². The summed E-state index contributed by atoms with van der Waals surface area (Å²) in [5.41, 5.74) is 2.83. The zero-order valence-corrected chi connectivity index (χ0v) is 12.6. The van der Waals surface area contributed by atoms with Crippen molar-refractivity contribution >= 4 is 10.9 Å². The van der Waals surface area contributed by atoms with Gasteiger partial charge in [-0.3, -0.25) is 4.98 Å². The molecule has 0 saturated heterocycles. The molecule has 0 radical (unpaired) electrons. The summed E-state index contributed by atoms with van der Waals surface area (Å²) >= 11 is 0. The lowest BCUT2D eigenvalue weighted by Gasteiger charge is -2.02. The molecule has 2 aromatic heterocycles. The van der Waals surface area contributed by atoms with Crippen LogP contribution in [0.5, 0.6) is 5.75 Å². The topological polar surface area (TPSA) is 48.2 Å². The molecule has 0 saturated carbocycles. The lowest BCUT2D eigenvalue weighted by atomic mass is 10.1. The normalized spacial score (nSPS) is 10.8. The number of aromatic nitrogens is 2. The predicted molar refractivity (Wildman–Crippen MR) is 89.2 cm³/mol. The fourth-order valence-corrected chi connectivity index (χ4v) is 2.57. The number of fused-ring (bicyclic) bond motifs is 1. The Kier molecular flexibility index (Phi) is 3.27. The highest BCUT2D eigenvalue weighted by Gasteiger charge is 2.11. The van der Waals surface area contributed by atoms with Crippen molar-refractivity contribution in [3.63, 3.8) is 0 Å². The number of benzene rings is 2. The molecule has 0 amide bonds. The molecule has 2 aromatic carbocycles. The third-order valence-corrected chi connectivity index (χ3v) is 3.76.